The molecule has 1 fully saturated rings. The molecule has 1 heterocycles. The second-order valence-corrected chi connectivity index (χ2v) is 5.06. The molecule has 1 aliphatic rings. The first-order chi connectivity index (χ1) is 9.19. The second-order valence-electron chi connectivity index (χ2n) is 5.06. The Morgan fingerprint density at radius 3 is 2.79 bits per heavy atom. The van der Waals surface area contributed by atoms with Crippen LogP contribution in [-0.2, 0) is 4.79 Å². The van der Waals surface area contributed by atoms with Crippen LogP contribution in [0.15, 0.2) is 24.3 Å². The van der Waals surface area contributed by atoms with Gasteiger partial charge in [0.25, 0.3) is 0 Å². The van der Waals surface area contributed by atoms with Gasteiger partial charge in [-0.1, -0.05) is 12.1 Å². The zero-order valence-corrected chi connectivity index (χ0v) is 11.3. The van der Waals surface area contributed by atoms with Crippen molar-refractivity contribution in [2.24, 2.45) is 0 Å². The van der Waals surface area contributed by atoms with Gasteiger partial charge < -0.3 is 14.7 Å². The summed E-state index contributed by atoms with van der Waals surface area (Å²) < 4.78 is 5.17. The molecule has 0 aliphatic carbocycles. The molecule has 0 saturated carbocycles. The summed E-state index contributed by atoms with van der Waals surface area (Å²) >= 11 is 0. The third kappa shape index (κ3) is 3.96. The molecule has 0 aromatic heterocycles. The van der Waals surface area contributed by atoms with Gasteiger partial charge in [-0.25, -0.2) is 0 Å². The molecule has 1 unspecified atom stereocenters. The van der Waals surface area contributed by atoms with Crippen LogP contribution in [0.5, 0.6) is 5.75 Å². The van der Waals surface area contributed by atoms with Crippen LogP contribution in [0.3, 0.4) is 0 Å². The van der Waals surface area contributed by atoms with E-state index >= 15 is 0 Å². The number of hydrogen-bond donors (Lipinski definition) is 1. The zero-order chi connectivity index (χ0) is 13.7. The zero-order valence-electron chi connectivity index (χ0n) is 11.3. The average molecular weight is 263 g/mol. The van der Waals surface area contributed by atoms with E-state index in [1.165, 1.54) is 12.0 Å². The number of rotatable bonds is 5. The lowest BCUT2D eigenvalue weighted by molar-refractivity contribution is -0.137. The lowest BCUT2D eigenvalue weighted by Crippen LogP contribution is -2.35. The summed E-state index contributed by atoms with van der Waals surface area (Å²) in [6.07, 6.45) is 2.54. The van der Waals surface area contributed by atoms with Gasteiger partial charge in [0, 0.05) is 13.1 Å². The minimum absolute atomic E-state index is 0.231. The highest BCUT2D eigenvalue weighted by atomic mass is 16.5. The number of hydrogen-bond acceptors (Lipinski definition) is 3. The summed E-state index contributed by atoms with van der Waals surface area (Å²) in [5.41, 5.74) is 1.32. The highest BCUT2D eigenvalue weighted by Gasteiger charge is 2.21. The van der Waals surface area contributed by atoms with Crippen LogP contribution in [0.25, 0.3) is 0 Å². The monoisotopic (exact) mass is 263 g/mol. The fraction of sp³-hybridized carbons (Fsp3) is 0.533. The fourth-order valence-corrected chi connectivity index (χ4v) is 2.66. The summed E-state index contributed by atoms with van der Waals surface area (Å²) in [6.45, 7) is 2.63. The predicted molar refractivity (Wildman–Crippen MR) is 73.7 cm³/mol. The molecule has 19 heavy (non-hydrogen) atoms. The molecule has 1 aliphatic heterocycles. The van der Waals surface area contributed by atoms with E-state index in [2.05, 4.69) is 17.0 Å². The molecule has 0 radical (unpaired) electrons. The van der Waals surface area contributed by atoms with Crippen molar-refractivity contribution in [3.8, 4) is 5.75 Å². The van der Waals surface area contributed by atoms with Gasteiger partial charge in [-0.15, -0.1) is 0 Å². The number of carbonyl (C=O) groups is 1. The van der Waals surface area contributed by atoms with Gasteiger partial charge in [-0.2, -0.15) is 0 Å². The van der Waals surface area contributed by atoms with E-state index in [0.29, 0.717) is 12.5 Å². The molecule has 0 bridgehead atoms. The topological polar surface area (TPSA) is 49.8 Å². The smallest absolute Gasteiger partial charge is 0.304 e. The largest absolute Gasteiger partial charge is 0.497 e. The van der Waals surface area contributed by atoms with E-state index in [4.69, 9.17) is 9.84 Å². The SMILES string of the molecule is COc1ccc(C2CCCN(CCC(=O)O)C2)cc1. The van der Waals surface area contributed by atoms with E-state index in [1.54, 1.807) is 7.11 Å². The predicted octanol–water partition coefficient (Wildman–Crippen LogP) is 2.35. The van der Waals surface area contributed by atoms with Crippen LogP contribution in [0.4, 0.5) is 0 Å². The molecule has 1 atom stereocenters. The van der Waals surface area contributed by atoms with Crippen molar-refractivity contribution in [1.29, 1.82) is 0 Å². The van der Waals surface area contributed by atoms with Crippen LogP contribution < -0.4 is 4.74 Å². The summed E-state index contributed by atoms with van der Waals surface area (Å²) in [6, 6.07) is 8.21. The van der Waals surface area contributed by atoms with Crippen LogP contribution in [-0.4, -0.2) is 42.7 Å². The van der Waals surface area contributed by atoms with Crippen LogP contribution >= 0.6 is 0 Å². The standard InChI is InChI=1S/C15H21NO3/c1-19-14-6-4-12(5-7-14)13-3-2-9-16(11-13)10-8-15(17)18/h4-7,13H,2-3,8-11H2,1H3,(H,17,18). The van der Waals surface area contributed by atoms with Crippen molar-refractivity contribution < 1.29 is 14.6 Å². The first-order valence-corrected chi connectivity index (χ1v) is 6.77. The van der Waals surface area contributed by atoms with Crippen molar-refractivity contribution in [3.63, 3.8) is 0 Å². The van der Waals surface area contributed by atoms with Gasteiger partial charge in [0.2, 0.25) is 0 Å². The van der Waals surface area contributed by atoms with Crippen molar-refractivity contribution in [2.75, 3.05) is 26.7 Å². The Morgan fingerprint density at radius 2 is 2.16 bits per heavy atom. The first-order valence-electron chi connectivity index (χ1n) is 6.77. The van der Waals surface area contributed by atoms with Gasteiger partial charge in [0.1, 0.15) is 5.75 Å². The number of likely N-dealkylation sites (tertiary alicyclic amines) is 1. The van der Waals surface area contributed by atoms with Crippen molar-refractivity contribution in [3.05, 3.63) is 29.8 Å². The van der Waals surface area contributed by atoms with E-state index in [1.807, 2.05) is 12.1 Å². The average Bonchev–Trinajstić information content (AvgIpc) is 2.45. The Kier molecular flexibility index (Phi) is 4.80. The normalized spacial score (nSPS) is 20.2. The minimum atomic E-state index is -0.716. The molecule has 1 aromatic carbocycles. The van der Waals surface area contributed by atoms with Crippen molar-refractivity contribution >= 4 is 5.97 Å². The van der Waals surface area contributed by atoms with E-state index in [0.717, 1.165) is 25.3 Å². The number of carboxylic acids is 1. The Bertz CT molecular complexity index is 416. The molecular weight excluding hydrogens is 242 g/mol. The number of piperidine rings is 1. The number of carboxylic acid groups (broad SMARTS) is 1. The molecular formula is C15H21NO3. The van der Waals surface area contributed by atoms with E-state index in [9.17, 15) is 4.79 Å². The molecule has 1 saturated heterocycles. The van der Waals surface area contributed by atoms with Gasteiger partial charge in [0.05, 0.1) is 13.5 Å². The molecule has 104 valence electrons. The maximum Gasteiger partial charge on any atom is 0.304 e. The Hall–Kier alpha value is -1.55. The molecule has 0 amide bonds. The van der Waals surface area contributed by atoms with Crippen molar-refractivity contribution in [1.82, 2.24) is 4.90 Å². The molecule has 4 heteroatoms. The molecule has 2 rings (SSSR count). The Morgan fingerprint density at radius 1 is 1.42 bits per heavy atom. The first kappa shape index (κ1) is 13.9. The summed E-state index contributed by atoms with van der Waals surface area (Å²) in [5.74, 6) is 0.669. The number of nitrogens with zero attached hydrogens (tertiary/aromatic N) is 1. The quantitative estimate of drug-likeness (QED) is 0.886. The maximum atomic E-state index is 10.6. The lowest BCUT2D eigenvalue weighted by atomic mass is 9.90. The fourth-order valence-electron chi connectivity index (χ4n) is 2.66. The van der Waals surface area contributed by atoms with Crippen molar-refractivity contribution in [2.45, 2.75) is 25.2 Å². The van der Waals surface area contributed by atoms with Crippen LogP contribution in [0.1, 0.15) is 30.7 Å². The number of methoxy groups -OCH3 is 1. The van der Waals surface area contributed by atoms with E-state index < -0.39 is 5.97 Å². The van der Waals surface area contributed by atoms with Gasteiger partial charge >= 0.3 is 5.97 Å². The van der Waals surface area contributed by atoms with Gasteiger partial charge in [0.15, 0.2) is 0 Å². The molecule has 4 nitrogen and oxygen atoms in total. The Labute approximate surface area is 114 Å². The minimum Gasteiger partial charge on any atom is -0.497 e. The Balaban J connectivity index is 1.94. The van der Waals surface area contributed by atoms with Crippen LogP contribution in [0, 0.1) is 0 Å². The van der Waals surface area contributed by atoms with Gasteiger partial charge in [-0.05, 0) is 43.0 Å². The highest BCUT2D eigenvalue weighted by molar-refractivity contribution is 5.66. The van der Waals surface area contributed by atoms with Gasteiger partial charge in [-0.3, -0.25) is 4.79 Å². The molecule has 1 N–H and O–H groups in total. The van der Waals surface area contributed by atoms with E-state index in [-0.39, 0.29) is 6.42 Å². The summed E-state index contributed by atoms with van der Waals surface area (Å²) in [4.78, 5) is 12.9. The number of aliphatic carboxylic acids is 1. The molecule has 1 aromatic rings. The third-order valence-electron chi connectivity index (χ3n) is 3.73. The van der Waals surface area contributed by atoms with Crippen LogP contribution in [0.2, 0.25) is 0 Å². The number of benzene rings is 1. The lowest BCUT2D eigenvalue weighted by Gasteiger charge is -2.32. The molecule has 0 spiro atoms. The maximum absolute atomic E-state index is 10.6. The number of ether oxygens (including phenoxy) is 1. The third-order valence-corrected chi connectivity index (χ3v) is 3.73. The highest BCUT2D eigenvalue weighted by Crippen LogP contribution is 2.28. The summed E-state index contributed by atoms with van der Waals surface area (Å²) in [5, 5.41) is 8.74. The summed E-state index contributed by atoms with van der Waals surface area (Å²) in [7, 11) is 1.67. The second kappa shape index (κ2) is 6.57.